The fourth-order valence-corrected chi connectivity index (χ4v) is 4.70. The van der Waals surface area contributed by atoms with Crippen LogP contribution in [0.25, 0.3) is 11.1 Å². The van der Waals surface area contributed by atoms with Gasteiger partial charge < -0.3 is 15.5 Å². The van der Waals surface area contributed by atoms with Crippen LogP contribution in [0.3, 0.4) is 0 Å². The van der Waals surface area contributed by atoms with Crippen LogP contribution in [-0.2, 0) is 21.7 Å². The predicted molar refractivity (Wildman–Crippen MR) is 135 cm³/mol. The molecule has 1 fully saturated rings. The van der Waals surface area contributed by atoms with Gasteiger partial charge in [-0.2, -0.15) is 0 Å². The Bertz CT molecular complexity index is 1390. The minimum atomic E-state index is -0.682. The Morgan fingerprint density at radius 2 is 1.76 bits per heavy atom. The molecular weight excluding hydrogens is 472 g/mol. The molecule has 0 radical (unpaired) electrons. The summed E-state index contributed by atoms with van der Waals surface area (Å²) in [4.78, 5) is 59.0. The van der Waals surface area contributed by atoms with Gasteiger partial charge in [0.2, 0.25) is 11.8 Å². The van der Waals surface area contributed by atoms with Gasteiger partial charge in [0, 0.05) is 42.2 Å². The summed E-state index contributed by atoms with van der Waals surface area (Å²) in [6, 6.07) is 11.8. The summed E-state index contributed by atoms with van der Waals surface area (Å²) in [6.45, 7) is 4.06. The van der Waals surface area contributed by atoms with E-state index in [1.54, 1.807) is 30.6 Å². The van der Waals surface area contributed by atoms with E-state index in [2.05, 4.69) is 25.9 Å². The zero-order valence-corrected chi connectivity index (χ0v) is 20.4. The van der Waals surface area contributed by atoms with Crippen molar-refractivity contribution in [3.8, 4) is 11.1 Å². The second-order valence-corrected chi connectivity index (χ2v) is 9.68. The molecule has 3 heterocycles. The van der Waals surface area contributed by atoms with E-state index >= 15 is 0 Å². The SMILES string of the molecule is CC(C)(NC(=O)Nc1ccc2c(c1)CN(C1CCC(=O)NC1=O)C2=O)c1ccc(-c2cncnc2)cc1. The molecule has 10 heteroatoms. The van der Waals surface area contributed by atoms with E-state index in [0.29, 0.717) is 23.2 Å². The monoisotopic (exact) mass is 498 g/mol. The number of piperidine rings is 1. The number of rotatable bonds is 5. The molecule has 2 aliphatic rings. The van der Waals surface area contributed by atoms with Crippen LogP contribution in [0.15, 0.2) is 61.2 Å². The van der Waals surface area contributed by atoms with Gasteiger partial charge in [0.05, 0.1) is 5.54 Å². The zero-order valence-electron chi connectivity index (χ0n) is 20.4. The predicted octanol–water partition coefficient (Wildman–Crippen LogP) is 2.96. The lowest BCUT2D eigenvalue weighted by atomic mass is 9.93. The van der Waals surface area contributed by atoms with Crippen molar-refractivity contribution in [3.05, 3.63) is 77.9 Å². The highest BCUT2D eigenvalue weighted by molar-refractivity contribution is 6.05. The third kappa shape index (κ3) is 4.90. The van der Waals surface area contributed by atoms with Crippen LogP contribution >= 0.6 is 0 Å². The van der Waals surface area contributed by atoms with E-state index in [0.717, 1.165) is 16.7 Å². The number of fused-ring (bicyclic) bond motifs is 1. The summed E-state index contributed by atoms with van der Waals surface area (Å²) in [7, 11) is 0. The van der Waals surface area contributed by atoms with E-state index in [1.165, 1.54) is 11.2 Å². The van der Waals surface area contributed by atoms with Crippen molar-refractivity contribution in [1.82, 2.24) is 25.5 Å². The van der Waals surface area contributed by atoms with Crippen LogP contribution in [0.5, 0.6) is 0 Å². The van der Waals surface area contributed by atoms with Crippen LogP contribution in [0, 0.1) is 0 Å². The van der Waals surface area contributed by atoms with Gasteiger partial charge in [0.15, 0.2) is 0 Å². The highest BCUT2D eigenvalue weighted by Gasteiger charge is 2.39. The summed E-state index contributed by atoms with van der Waals surface area (Å²) in [6.07, 6.45) is 5.47. The lowest BCUT2D eigenvalue weighted by molar-refractivity contribution is -0.136. The molecule has 1 unspecified atom stereocenters. The number of anilines is 1. The topological polar surface area (TPSA) is 133 Å². The number of hydrogen-bond acceptors (Lipinski definition) is 6. The van der Waals surface area contributed by atoms with Gasteiger partial charge in [0.1, 0.15) is 12.4 Å². The van der Waals surface area contributed by atoms with Gasteiger partial charge in [-0.25, -0.2) is 14.8 Å². The Labute approximate surface area is 213 Å². The molecule has 5 amide bonds. The van der Waals surface area contributed by atoms with Crippen molar-refractivity contribution in [2.24, 2.45) is 0 Å². The second-order valence-electron chi connectivity index (χ2n) is 9.68. The van der Waals surface area contributed by atoms with Gasteiger partial charge in [-0.1, -0.05) is 24.3 Å². The largest absolute Gasteiger partial charge is 0.329 e. The number of hydrogen-bond donors (Lipinski definition) is 3. The van der Waals surface area contributed by atoms with Crippen molar-refractivity contribution in [1.29, 1.82) is 0 Å². The molecule has 0 saturated carbocycles. The maximum atomic E-state index is 12.9. The fraction of sp³-hybridized carbons (Fsp3) is 0.259. The van der Waals surface area contributed by atoms with E-state index in [1.807, 2.05) is 38.1 Å². The molecule has 1 atom stereocenters. The molecular formula is C27H26N6O4. The van der Waals surface area contributed by atoms with Crippen molar-refractivity contribution in [2.75, 3.05) is 5.32 Å². The number of carbonyl (C=O) groups is 4. The number of benzene rings is 2. The maximum Gasteiger partial charge on any atom is 0.319 e. The van der Waals surface area contributed by atoms with Gasteiger partial charge in [0.25, 0.3) is 5.91 Å². The fourth-order valence-electron chi connectivity index (χ4n) is 4.70. The summed E-state index contributed by atoms with van der Waals surface area (Å²) >= 11 is 0. The summed E-state index contributed by atoms with van der Waals surface area (Å²) < 4.78 is 0. The van der Waals surface area contributed by atoms with E-state index in [-0.39, 0.29) is 24.8 Å². The maximum absolute atomic E-state index is 12.9. The molecule has 10 nitrogen and oxygen atoms in total. The Morgan fingerprint density at radius 3 is 2.46 bits per heavy atom. The smallest absolute Gasteiger partial charge is 0.319 e. The van der Waals surface area contributed by atoms with Crippen molar-refractivity contribution in [2.45, 2.75) is 44.8 Å². The van der Waals surface area contributed by atoms with E-state index < -0.39 is 23.5 Å². The first-order chi connectivity index (χ1) is 17.7. The van der Waals surface area contributed by atoms with Crippen LogP contribution < -0.4 is 16.0 Å². The van der Waals surface area contributed by atoms with Crippen LogP contribution in [0.4, 0.5) is 10.5 Å². The highest BCUT2D eigenvalue weighted by atomic mass is 16.2. The second kappa shape index (κ2) is 9.45. The summed E-state index contributed by atoms with van der Waals surface area (Å²) in [5.41, 5.74) is 3.87. The standard InChI is InChI=1S/C27H26N6O4/c1-27(2,19-5-3-16(4-6-19)18-12-28-15-29-13-18)32-26(37)30-20-7-8-21-17(11-20)14-33(25(21)36)22-9-10-23(34)31-24(22)35/h3-8,11-13,15,22H,9-10,14H2,1-2H3,(H2,30,32,37)(H,31,34,35). The van der Waals surface area contributed by atoms with Gasteiger partial charge >= 0.3 is 6.03 Å². The van der Waals surface area contributed by atoms with Crippen LogP contribution in [0.2, 0.25) is 0 Å². The zero-order chi connectivity index (χ0) is 26.2. The van der Waals surface area contributed by atoms with Crippen LogP contribution in [0.1, 0.15) is 48.2 Å². The minimum absolute atomic E-state index is 0.197. The minimum Gasteiger partial charge on any atom is -0.329 e. The number of carbonyl (C=O) groups excluding carboxylic acids is 4. The third-order valence-electron chi connectivity index (χ3n) is 6.71. The lowest BCUT2D eigenvalue weighted by Gasteiger charge is -2.29. The number of aromatic nitrogens is 2. The number of nitrogens with one attached hydrogen (secondary N) is 3. The third-order valence-corrected chi connectivity index (χ3v) is 6.71. The first-order valence-corrected chi connectivity index (χ1v) is 11.9. The van der Waals surface area contributed by atoms with Crippen LogP contribution in [-0.4, -0.2) is 44.7 Å². The molecule has 37 heavy (non-hydrogen) atoms. The molecule has 0 bridgehead atoms. The van der Waals surface area contributed by atoms with Gasteiger partial charge in [-0.3, -0.25) is 19.7 Å². The normalized spacial score (nSPS) is 17.3. The number of nitrogens with zero attached hydrogens (tertiary/aromatic N) is 3. The summed E-state index contributed by atoms with van der Waals surface area (Å²) in [5, 5.41) is 8.12. The van der Waals surface area contributed by atoms with E-state index in [9.17, 15) is 19.2 Å². The molecule has 1 saturated heterocycles. The molecule has 0 aliphatic carbocycles. The lowest BCUT2D eigenvalue weighted by Crippen LogP contribution is -2.52. The van der Waals surface area contributed by atoms with Gasteiger partial charge in [-0.05, 0) is 55.2 Å². The molecule has 2 aliphatic heterocycles. The Hall–Kier alpha value is -4.60. The molecule has 5 rings (SSSR count). The number of urea groups is 1. The van der Waals surface area contributed by atoms with Gasteiger partial charge in [-0.15, -0.1) is 0 Å². The molecule has 2 aromatic carbocycles. The highest BCUT2D eigenvalue weighted by Crippen LogP contribution is 2.30. The Morgan fingerprint density at radius 1 is 1.03 bits per heavy atom. The number of amides is 5. The Balaban J connectivity index is 1.24. The first-order valence-electron chi connectivity index (χ1n) is 11.9. The van der Waals surface area contributed by atoms with E-state index in [4.69, 9.17) is 0 Å². The molecule has 1 aromatic heterocycles. The van der Waals surface area contributed by atoms with Crippen molar-refractivity contribution in [3.63, 3.8) is 0 Å². The molecule has 3 N–H and O–H groups in total. The molecule has 3 aromatic rings. The Kier molecular flexibility index (Phi) is 6.16. The molecule has 188 valence electrons. The number of imide groups is 1. The first kappa shape index (κ1) is 24.1. The summed E-state index contributed by atoms with van der Waals surface area (Å²) in [5.74, 6) is -1.04. The molecule has 0 spiro atoms. The average molecular weight is 499 g/mol. The quantitative estimate of drug-likeness (QED) is 0.463. The van der Waals surface area contributed by atoms with Crippen molar-refractivity contribution < 1.29 is 19.2 Å². The average Bonchev–Trinajstić information content (AvgIpc) is 3.19. The van der Waals surface area contributed by atoms with Crippen molar-refractivity contribution >= 4 is 29.4 Å².